The van der Waals surface area contributed by atoms with Gasteiger partial charge in [0.2, 0.25) is 0 Å². The third kappa shape index (κ3) is 2.36. The first kappa shape index (κ1) is 21.7. The van der Waals surface area contributed by atoms with Crippen LogP contribution in [-0.4, -0.2) is 57.7 Å². The van der Waals surface area contributed by atoms with E-state index in [9.17, 15) is 19.8 Å². The maximum atomic E-state index is 17.2. The second-order valence-corrected chi connectivity index (χ2v) is 11.3. The number of carbonyl (C=O) groups is 2. The molecule has 1 aliphatic heterocycles. The largest absolute Gasteiger partial charge is 0.390 e. The van der Waals surface area contributed by atoms with Crippen LogP contribution in [-0.2, 0) is 19.1 Å². The lowest BCUT2D eigenvalue weighted by Crippen LogP contribution is -2.70. The van der Waals surface area contributed by atoms with Gasteiger partial charge in [-0.15, -0.1) is 0 Å². The minimum Gasteiger partial charge on any atom is -0.390 e. The summed E-state index contributed by atoms with van der Waals surface area (Å²) in [4.78, 5) is 25.2. The fourth-order valence-electron chi connectivity index (χ4n) is 8.29. The topological polar surface area (TPSA) is 93.1 Å². The minimum atomic E-state index is -1.89. The van der Waals surface area contributed by atoms with Crippen LogP contribution in [0.3, 0.4) is 0 Å². The molecule has 31 heavy (non-hydrogen) atoms. The summed E-state index contributed by atoms with van der Waals surface area (Å²) in [5.74, 6) is -2.17. The van der Waals surface area contributed by atoms with Gasteiger partial charge >= 0.3 is 0 Å². The SMILES string of the molecule is CC1(C)O[C@@H]2C[C@H]3[C@@H]4CCC5=CC(=O)CC[C@]5(C)[C@@]4(F)[C@H](O)C[C@]3(C)[C@]2(C(=O)CO)O1. The van der Waals surface area contributed by atoms with Gasteiger partial charge in [-0.05, 0) is 57.9 Å². The molecule has 0 aromatic carbocycles. The number of carbonyl (C=O) groups excluding carboxylic acids is 2. The zero-order chi connectivity index (χ0) is 22.6. The smallest absolute Gasteiger partial charge is 0.193 e. The highest BCUT2D eigenvalue weighted by Gasteiger charge is 2.80. The van der Waals surface area contributed by atoms with Crippen molar-refractivity contribution in [1.29, 1.82) is 0 Å². The Labute approximate surface area is 182 Å². The predicted octanol–water partition coefficient (Wildman–Crippen LogP) is 2.64. The maximum Gasteiger partial charge on any atom is 0.193 e. The number of ether oxygens (including phenoxy) is 2. The molecule has 4 aliphatic carbocycles. The van der Waals surface area contributed by atoms with Crippen molar-refractivity contribution in [2.75, 3.05) is 6.61 Å². The number of hydrogen-bond donors (Lipinski definition) is 2. The second-order valence-electron chi connectivity index (χ2n) is 11.3. The Morgan fingerprint density at radius 1 is 1.23 bits per heavy atom. The van der Waals surface area contributed by atoms with Crippen LogP contribution in [0.4, 0.5) is 4.39 Å². The number of hydrogen-bond acceptors (Lipinski definition) is 6. The second kappa shape index (κ2) is 6.25. The van der Waals surface area contributed by atoms with E-state index >= 15 is 4.39 Å². The van der Waals surface area contributed by atoms with Crippen LogP contribution >= 0.6 is 0 Å². The number of Topliss-reactive ketones (excluding diaryl/α,β-unsaturated/α-hetero) is 1. The lowest BCUT2D eigenvalue weighted by atomic mass is 9.44. The van der Waals surface area contributed by atoms with Crippen molar-refractivity contribution in [1.82, 2.24) is 0 Å². The van der Waals surface area contributed by atoms with E-state index in [1.54, 1.807) is 19.9 Å². The number of aliphatic hydroxyl groups is 2. The Kier molecular flexibility index (Phi) is 4.37. The summed E-state index contributed by atoms with van der Waals surface area (Å²) in [5, 5.41) is 21.2. The van der Waals surface area contributed by atoms with Gasteiger partial charge in [-0.2, -0.15) is 0 Å². The normalized spacial score (nSPS) is 52.6. The summed E-state index contributed by atoms with van der Waals surface area (Å²) in [6.07, 6.45) is 1.96. The van der Waals surface area contributed by atoms with Gasteiger partial charge in [0.25, 0.3) is 0 Å². The fraction of sp³-hybridized carbons (Fsp3) is 0.833. The molecule has 1 saturated heterocycles. The van der Waals surface area contributed by atoms with Crippen LogP contribution in [0, 0.1) is 22.7 Å². The van der Waals surface area contributed by atoms with Crippen molar-refractivity contribution in [3.8, 4) is 0 Å². The first-order chi connectivity index (χ1) is 14.4. The van der Waals surface area contributed by atoms with Crippen LogP contribution in [0.15, 0.2) is 11.6 Å². The molecule has 0 aromatic rings. The molecule has 7 heteroatoms. The molecule has 8 atom stereocenters. The summed E-state index contributed by atoms with van der Waals surface area (Å²) < 4.78 is 29.6. The highest BCUT2D eigenvalue weighted by Crippen LogP contribution is 2.72. The van der Waals surface area contributed by atoms with Crippen molar-refractivity contribution in [2.24, 2.45) is 22.7 Å². The Morgan fingerprint density at radius 2 is 1.94 bits per heavy atom. The van der Waals surface area contributed by atoms with Crippen LogP contribution in [0.5, 0.6) is 0 Å². The number of fused-ring (bicyclic) bond motifs is 7. The van der Waals surface area contributed by atoms with E-state index in [1.807, 2.05) is 13.8 Å². The number of rotatable bonds is 2. The number of halogens is 1. The van der Waals surface area contributed by atoms with Gasteiger partial charge in [0, 0.05) is 23.2 Å². The van der Waals surface area contributed by atoms with E-state index < -0.39 is 58.4 Å². The van der Waals surface area contributed by atoms with E-state index in [2.05, 4.69) is 0 Å². The quantitative estimate of drug-likeness (QED) is 0.691. The van der Waals surface area contributed by atoms with Crippen LogP contribution in [0.2, 0.25) is 0 Å². The Hall–Kier alpha value is -1.15. The van der Waals surface area contributed by atoms with E-state index in [1.165, 1.54) is 0 Å². The van der Waals surface area contributed by atoms with Gasteiger partial charge in [0.1, 0.15) is 12.3 Å². The Morgan fingerprint density at radius 3 is 2.61 bits per heavy atom. The summed E-state index contributed by atoms with van der Waals surface area (Å²) in [5.41, 5.74) is -4.26. The van der Waals surface area contributed by atoms with Crippen LogP contribution < -0.4 is 0 Å². The average molecular weight is 437 g/mol. The number of aliphatic hydroxyl groups excluding tert-OH is 2. The number of allylic oxidation sites excluding steroid dienone is 1. The molecule has 0 spiro atoms. The molecular formula is C24H33FO6. The Bertz CT molecular complexity index is 883. The molecule has 5 rings (SSSR count). The van der Waals surface area contributed by atoms with Gasteiger partial charge in [0.05, 0.1) is 12.2 Å². The third-order valence-corrected chi connectivity index (χ3v) is 9.59. The van der Waals surface area contributed by atoms with Crippen molar-refractivity contribution < 1.29 is 33.7 Å². The molecule has 5 aliphatic rings. The van der Waals surface area contributed by atoms with Crippen molar-refractivity contribution in [2.45, 2.75) is 95.5 Å². The number of ketones is 2. The van der Waals surface area contributed by atoms with Gasteiger partial charge in [0.15, 0.2) is 23.0 Å². The highest BCUT2D eigenvalue weighted by atomic mass is 19.1. The summed E-state index contributed by atoms with van der Waals surface area (Å²) in [7, 11) is 0. The molecule has 1 heterocycles. The average Bonchev–Trinajstić information content (AvgIpc) is 3.09. The summed E-state index contributed by atoms with van der Waals surface area (Å²) >= 11 is 0. The molecule has 0 amide bonds. The molecule has 172 valence electrons. The predicted molar refractivity (Wildman–Crippen MR) is 109 cm³/mol. The molecule has 6 nitrogen and oxygen atoms in total. The zero-order valence-corrected chi connectivity index (χ0v) is 18.7. The summed E-state index contributed by atoms with van der Waals surface area (Å²) in [6, 6.07) is 0. The molecular weight excluding hydrogens is 403 g/mol. The van der Waals surface area contributed by atoms with Gasteiger partial charge in [-0.3, -0.25) is 9.59 Å². The van der Waals surface area contributed by atoms with Crippen LogP contribution in [0.1, 0.15) is 66.2 Å². The zero-order valence-electron chi connectivity index (χ0n) is 18.7. The van der Waals surface area contributed by atoms with Gasteiger partial charge in [-0.25, -0.2) is 4.39 Å². The summed E-state index contributed by atoms with van der Waals surface area (Å²) in [6.45, 7) is 6.55. The van der Waals surface area contributed by atoms with Gasteiger partial charge in [-0.1, -0.05) is 19.4 Å². The molecule has 0 aromatic heterocycles. The first-order valence-corrected chi connectivity index (χ1v) is 11.5. The molecule has 0 radical (unpaired) electrons. The van der Waals surface area contributed by atoms with Gasteiger partial charge < -0.3 is 19.7 Å². The fourth-order valence-corrected chi connectivity index (χ4v) is 8.29. The monoisotopic (exact) mass is 436 g/mol. The molecule has 4 fully saturated rings. The maximum absolute atomic E-state index is 17.2. The highest BCUT2D eigenvalue weighted by molar-refractivity contribution is 5.92. The van der Waals surface area contributed by atoms with Crippen LogP contribution in [0.25, 0.3) is 0 Å². The number of alkyl halides is 1. The molecule has 0 bridgehead atoms. The van der Waals surface area contributed by atoms with Crippen molar-refractivity contribution >= 4 is 11.6 Å². The molecule has 0 unspecified atom stereocenters. The lowest BCUT2D eigenvalue weighted by Gasteiger charge is -2.63. The van der Waals surface area contributed by atoms with Crippen molar-refractivity contribution in [3.05, 3.63) is 11.6 Å². The third-order valence-electron chi connectivity index (χ3n) is 9.59. The van der Waals surface area contributed by atoms with E-state index in [-0.39, 0.29) is 24.5 Å². The first-order valence-electron chi connectivity index (χ1n) is 11.5. The Balaban J connectivity index is 1.63. The molecule has 3 saturated carbocycles. The van der Waals surface area contributed by atoms with Crippen molar-refractivity contribution in [3.63, 3.8) is 0 Å². The standard InChI is InChI=1S/C24H33FO6/c1-20(2)30-19-10-16-15-6-5-13-9-14(27)7-8-21(13,3)23(15,25)17(28)11-22(16,4)24(19,31-20)18(29)12-26/h9,15-17,19,26,28H,5-8,10-12H2,1-4H3/t15-,16-,17+,19+,21-,22-,23-,24+/m0/s1. The lowest BCUT2D eigenvalue weighted by molar-refractivity contribution is -0.251. The van der Waals surface area contributed by atoms with E-state index in [4.69, 9.17) is 9.47 Å². The van der Waals surface area contributed by atoms with E-state index in [0.717, 1.165) is 5.57 Å². The minimum absolute atomic E-state index is 0.0246. The molecule has 2 N–H and O–H groups in total. The van der Waals surface area contributed by atoms with E-state index in [0.29, 0.717) is 25.7 Å².